The van der Waals surface area contributed by atoms with Crippen LogP contribution < -0.4 is 5.32 Å². The first-order valence-corrected chi connectivity index (χ1v) is 11.5. The summed E-state index contributed by atoms with van der Waals surface area (Å²) in [6.07, 6.45) is 6.54. The van der Waals surface area contributed by atoms with Crippen molar-refractivity contribution < 1.29 is 14.0 Å². The van der Waals surface area contributed by atoms with Crippen molar-refractivity contribution in [1.29, 1.82) is 0 Å². The first kappa shape index (κ1) is 21.7. The maximum atomic E-state index is 13.2. The second-order valence-corrected chi connectivity index (χ2v) is 8.90. The number of Topliss-reactive ketones (excluding diaryl/α,β-unsaturated/α-hetero) is 1. The van der Waals surface area contributed by atoms with Gasteiger partial charge in [0.05, 0.1) is 0 Å². The average Bonchev–Trinajstić information content (AvgIpc) is 3.63. The molecule has 1 saturated heterocycles. The van der Waals surface area contributed by atoms with Gasteiger partial charge in [-0.2, -0.15) is 0 Å². The van der Waals surface area contributed by atoms with E-state index >= 15 is 0 Å². The zero-order valence-electron chi connectivity index (χ0n) is 18.0. The molecular weight excluding hydrogens is 391 g/mol. The van der Waals surface area contributed by atoms with E-state index in [2.05, 4.69) is 22.3 Å². The van der Waals surface area contributed by atoms with E-state index in [1.807, 2.05) is 12.1 Å². The second kappa shape index (κ2) is 10.2. The Morgan fingerprint density at radius 2 is 1.74 bits per heavy atom. The van der Waals surface area contributed by atoms with Crippen molar-refractivity contribution in [1.82, 2.24) is 4.90 Å². The molecule has 2 fully saturated rings. The minimum absolute atomic E-state index is 0.0202. The molecule has 1 amide bonds. The van der Waals surface area contributed by atoms with Crippen molar-refractivity contribution in [3.63, 3.8) is 0 Å². The van der Waals surface area contributed by atoms with Crippen molar-refractivity contribution >= 4 is 17.4 Å². The molecule has 0 radical (unpaired) electrons. The van der Waals surface area contributed by atoms with Crippen LogP contribution >= 0.6 is 0 Å². The standard InChI is InChI=1S/C26H31FN2O2/c27-23-7-3-6-22(17-23)25(30)9-1-2-14-29-15-12-19(13-16-29)21-5-4-8-24(18-21)28-26(31)20-10-11-20/h3-8,17-20H,1-2,9-16H2,(H,28,31). The van der Waals surface area contributed by atoms with E-state index in [4.69, 9.17) is 0 Å². The van der Waals surface area contributed by atoms with Crippen molar-refractivity contribution in [3.05, 3.63) is 65.5 Å². The Hall–Kier alpha value is -2.53. The maximum Gasteiger partial charge on any atom is 0.227 e. The fraction of sp³-hybridized carbons (Fsp3) is 0.462. The van der Waals surface area contributed by atoms with Gasteiger partial charge in [-0.3, -0.25) is 9.59 Å². The van der Waals surface area contributed by atoms with Gasteiger partial charge in [0, 0.05) is 23.6 Å². The van der Waals surface area contributed by atoms with E-state index in [1.54, 1.807) is 12.1 Å². The largest absolute Gasteiger partial charge is 0.326 e. The summed E-state index contributed by atoms with van der Waals surface area (Å²) >= 11 is 0. The number of carbonyl (C=O) groups excluding carboxylic acids is 2. The number of nitrogens with one attached hydrogen (secondary N) is 1. The van der Waals surface area contributed by atoms with Gasteiger partial charge in [-0.15, -0.1) is 0 Å². The van der Waals surface area contributed by atoms with Gasteiger partial charge in [-0.05, 0) is 93.9 Å². The molecule has 0 aromatic heterocycles. The van der Waals surface area contributed by atoms with Gasteiger partial charge >= 0.3 is 0 Å². The highest BCUT2D eigenvalue weighted by Gasteiger charge is 2.29. The van der Waals surface area contributed by atoms with Crippen molar-refractivity contribution in [3.8, 4) is 0 Å². The number of rotatable bonds is 9. The summed E-state index contributed by atoms with van der Waals surface area (Å²) in [6, 6.07) is 14.3. The first-order valence-electron chi connectivity index (χ1n) is 11.5. The SMILES string of the molecule is O=C(CCCCN1CCC(c2cccc(NC(=O)C3CC3)c2)CC1)c1cccc(F)c1. The summed E-state index contributed by atoms with van der Waals surface area (Å²) in [5.74, 6) is 0.568. The zero-order chi connectivity index (χ0) is 21.6. The molecule has 1 N–H and O–H groups in total. The smallest absolute Gasteiger partial charge is 0.227 e. The Bertz CT molecular complexity index is 917. The van der Waals surface area contributed by atoms with Gasteiger partial charge in [0.15, 0.2) is 5.78 Å². The zero-order valence-corrected chi connectivity index (χ0v) is 18.0. The number of nitrogens with zero attached hydrogens (tertiary/aromatic N) is 1. The number of carbonyl (C=O) groups is 2. The lowest BCUT2D eigenvalue weighted by atomic mass is 9.89. The lowest BCUT2D eigenvalue weighted by Crippen LogP contribution is -2.33. The molecule has 1 saturated carbocycles. The highest BCUT2D eigenvalue weighted by molar-refractivity contribution is 5.96. The summed E-state index contributed by atoms with van der Waals surface area (Å²) in [7, 11) is 0. The molecule has 4 rings (SSSR count). The number of halogens is 1. The lowest BCUT2D eigenvalue weighted by Gasteiger charge is -2.32. The molecule has 2 aromatic carbocycles. The summed E-state index contributed by atoms with van der Waals surface area (Å²) in [6.45, 7) is 3.11. The van der Waals surface area contributed by atoms with Gasteiger partial charge in [-0.1, -0.05) is 24.3 Å². The van der Waals surface area contributed by atoms with Crippen LogP contribution in [0.2, 0.25) is 0 Å². The van der Waals surface area contributed by atoms with E-state index in [1.165, 1.54) is 17.7 Å². The summed E-state index contributed by atoms with van der Waals surface area (Å²) in [5, 5.41) is 3.05. The Labute approximate surface area is 183 Å². The molecule has 0 spiro atoms. The molecule has 0 atom stereocenters. The Balaban J connectivity index is 1.17. The number of anilines is 1. The lowest BCUT2D eigenvalue weighted by molar-refractivity contribution is -0.117. The molecule has 31 heavy (non-hydrogen) atoms. The third kappa shape index (κ3) is 6.23. The number of ketones is 1. The van der Waals surface area contributed by atoms with Crippen LogP contribution in [0.4, 0.5) is 10.1 Å². The summed E-state index contributed by atoms with van der Waals surface area (Å²) in [5.41, 5.74) is 2.70. The predicted molar refractivity (Wildman–Crippen MR) is 121 cm³/mol. The van der Waals surface area contributed by atoms with Crippen LogP contribution in [0.15, 0.2) is 48.5 Å². The van der Waals surface area contributed by atoms with Crippen LogP contribution in [0, 0.1) is 11.7 Å². The topological polar surface area (TPSA) is 49.4 Å². The molecule has 2 aromatic rings. The predicted octanol–water partition coefficient (Wildman–Crippen LogP) is 5.41. The molecule has 2 aliphatic rings. The summed E-state index contributed by atoms with van der Waals surface area (Å²) < 4.78 is 13.2. The number of benzene rings is 2. The Morgan fingerprint density at radius 1 is 0.968 bits per heavy atom. The van der Waals surface area contributed by atoms with Crippen molar-refractivity contribution in [2.75, 3.05) is 25.0 Å². The van der Waals surface area contributed by atoms with Crippen LogP contribution in [-0.4, -0.2) is 36.2 Å². The number of hydrogen-bond donors (Lipinski definition) is 1. The fourth-order valence-electron chi connectivity index (χ4n) is 4.38. The number of amides is 1. The molecule has 164 valence electrons. The average molecular weight is 423 g/mol. The van der Waals surface area contributed by atoms with Gasteiger partial charge in [0.1, 0.15) is 5.82 Å². The van der Waals surface area contributed by atoms with Gasteiger partial charge in [-0.25, -0.2) is 4.39 Å². The highest BCUT2D eigenvalue weighted by atomic mass is 19.1. The molecule has 4 nitrogen and oxygen atoms in total. The van der Waals surface area contributed by atoms with Crippen LogP contribution in [0.1, 0.15) is 66.8 Å². The molecule has 1 heterocycles. The molecule has 0 unspecified atom stereocenters. The minimum atomic E-state index is -0.357. The van der Waals surface area contributed by atoms with E-state index in [0.29, 0.717) is 17.9 Å². The molecule has 1 aliphatic carbocycles. The molecule has 1 aliphatic heterocycles. The molecule has 5 heteroatoms. The number of piperidine rings is 1. The van der Waals surface area contributed by atoms with Crippen molar-refractivity contribution in [2.24, 2.45) is 5.92 Å². The number of hydrogen-bond acceptors (Lipinski definition) is 3. The Kier molecular flexibility index (Phi) is 7.13. The van der Waals surface area contributed by atoms with Crippen LogP contribution in [0.25, 0.3) is 0 Å². The second-order valence-electron chi connectivity index (χ2n) is 8.90. The van der Waals surface area contributed by atoms with Crippen molar-refractivity contribution in [2.45, 2.75) is 50.9 Å². The van der Waals surface area contributed by atoms with E-state index in [9.17, 15) is 14.0 Å². The third-order valence-corrected chi connectivity index (χ3v) is 6.44. The quantitative estimate of drug-likeness (QED) is 0.434. The van der Waals surface area contributed by atoms with E-state index in [-0.39, 0.29) is 23.4 Å². The van der Waals surface area contributed by atoms with E-state index in [0.717, 1.165) is 63.8 Å². The fourth-order valence-corrected chi connectivity index (χ4v) is 4.38. The number of unbranched alkanes of at least 4 members (excludes halogenated alkanes) is 1. The van der Waals surface area contributed by atoms with Gasteiger partial charge in [0.2, 0.25) is 5.91 Å². The highest BCUT2D eigenvalue weighted by Crippen LogP contribution is 2.32. The van der Waals surface area contributed by atoms with Gasteiger partial charge in [0.25, 0.3) is 0 Å². The monoisotopic (exact) mass is 422 g/mol. The Morgan fingerprint density at radius 3 is 2.48 bits per heavy atom. The minimum Gasteiger partial charge on any atom is -0.326 e. The molecule has 0 bridgehead atoms. The number of likely N-dealkylation sites (tertiary alicyclic amines) is 1. The maximum absolute atomic E-state index is 13.2. The molecular formula is C26H31FN2O2. The van der Waals surface area contributed by atoms with Crippen LogP contribution in [-0.2, 0) is 4.79 Å². The third-order valence-electron chi connectivity index (χ3n) is 6.44. The first-order chi connectivity index (χ1) is 15.1. The van der Waals surface area contributed by atoms with E-state index < -0.39 is 0 Å². The summed E-state index contributed by atoms with van der Waals surface area (Å²) in [4.78, 5) is 26.7. The normalized spacial score (nSPS) is 17.5. The van der Waals surface area contributed by atoms with Crippen LogP contribution in [0.3, 0.4) is 0 Å². The van der Waals surface area contributed by atoms with Crippen LogP contribution in [0.5, 0.6) is 0 Å². The van der Waals surface area contributed by atoms with Gasteiger partial charge < -0.3 is 10.2 Å².